The van der Waals surface area contributed by atoms with Crippen LogP contribution >= 0.6 is 0 Å². The maximum absolute atomic E-state index is 12.2. The number of carbonyl (C=O) groups is 3. The predicted octanol–water partition coefficient (Wildman–Crippen LogP) is 4.02. The summed E-state index contributed by atoms with van der Waals surface area (Å²) in [7, 11) is 0. The highest BCUT2D eigenvalue weighted by atomic mass is 16.6. The molecule has 0 spiro atoms. The molecule has 0 amide bonds. The van der Waals surface area contributed by atoms with Crippen molar-refractivity contribution in [3.8, 4) is 11.5 Å². The van der Waals surface area contributed by atoms with Gasteiger partial charge in [0.1, 0.15) is 11.5 Å². The SMILES string of the molecule is Cc1ccccc1OCC(=O)OCC(=O)c1ccc(OC(=O)c2ccccc2)cc1. The van der Waals surface area contributed by atoms with Gasteiger partial charge in [0, 0.05) is 5.56 Å². The summed E-state index contributed by atoms with van der Waals surface area (Å²) in [5.74, 6) is -0.608. The molecule has 3 aromatic carbocycles. The number of carbonyl (C=O) groups excluding carboxylic acids is 3. The van der Waals surface area contributed by atoms with Crippen molar-refractivity contribution in [3.05, 3.63) is 95.6 Å². The third-order valence-corrected chi connectivity index (χ3v) is 4.20. The summed E-state index contributed by atoms with van der Waals surface area (Å²) in [4.78, 5) is 36.1. The van der Waals surface area contributed by atoms with Gasteiger partial charge in [0.15, 0.2) is 19.0 Å². The molecular formula is C24H20O6. The van der Waals surface area contributed by atoms with Crippen LogP contribution in [0.25, 0.3) is 0 Å². The topological polar surface area (TPSA) is 78.9 Å². The summed E-state index contributed by atoms with van der Waals surface area (Å²) in [5, 5.41) is 0. The Morgan fingerprint density at radius 1 is 0.733 bits per heavy atom. The molecule has 0 heterocycles. The third kappa shape index (κ3) is 5.78. The number of para-hydroxylation sites is 1. The summed E-state index contributed by atoms with van der Waals surface area (Å²) in [6.07, 6.45) is 0. The van der Waals surface area contributed by atoms with Gasteiger partial charge in [0.2, 0.25) is 0 Å². The van der Waals surface area contributed by atoms with E-state index in [1.54, 1.807) is 42.5 Å². The lowest BCUT2D eigenvalue weighted by molar-refractivity contribution is -0.144. The van der Waals surface area contributed by atoms with Gasteiger partial charge in [-0.1, -0.05) is 36.4 Å². The van der Waals surface area contributed by atoms with Crippen molar-refractivity contribution < 1.29 is 28.6 Å². The molecule has 6 heteroatoms. The smallest absolute Gasteiger partial charge is 0.344 e. The Balaban J connectivity index is 1.47. The zero-order valence-electron chi connectivity index (χ0n) is 16.4. The molecule has 0 aliphatic rings. The van der Waals surface area contributed by atoms with Gasteiger partial charge in [0.05, 0.1) is 5.56 Å². The molecular weight excluding hydrogens is 384 g/mol. The largest absolute Gasteiger partial charge is 0.482 e. The molecule has 152 valence electrons. The fourth-order valence-corrected chi connectivity index (χ4v) is 2.58. The molecule has 0 aromatic heterocycles. The molecule has 0 radical (unpaired) electrons. The van der Waals surface area contributed by atoms with E-state index in [4.69, 9.17) is 14.2 Å². The number of aryl methyl sites for hydroxylation is 1. The number of hydrogen-bond donors (Lipinski definition) is 0. The second kappa shape index (κ2) is 10.0. The first-order valence-corrected chi connectivity index (χ1v) is 9.27. The highest BCUT2D eigenvalue weighted by Gasteiger charge is 2.13. The molecule has 3 rings (SSSR count). The highest BCUT2D eigenvalue weighted by Crippen LogP contribution is 2.16. The van der Waals surface area contributed by atoms with Crippen LogP contribution in [0.2, 0.25) is 0 Å². The minimum Gasteiger partial charge on any atom is -0.482 e. The van der Waals surface area contributed by atoms with Gasteiger partial charge in [-0.25, -0.2) is 9.59 Å². The number of rotatable bonds is 8. The second-order valence-corrected chi connectivity index (χ2v) is 6.42. The van der Waals surface area contributed by atoms with Crippen molar-refractivity contribution in [2.75, 3.05) is 13.2 Å². The lowest BCUT2D eigenvalue weighted by atomic mass is 10.1. The van der Waals surface area contributed by atoms with E-state index < -0.39 is 18.5 Å². The summed E-state index contributed by atoms with van der Waals surface area (Å²) in [6.45, 7) is 1.18. The van der Waals surface area contributed by atoms with Gasteiger partial charge >= 0.3 is 11.9 Å². The summed E-state index contributed by atoms with van der Waals surface area (Å²) in [6, 6.07) is 21.9. The zero-order chi connectivity index (χ0) is 21.3. The first kappa shape index (κ1) is 20.8. The third-order valence-electron chi connectivity index (χ3n) is 4.20. The average molecular weight is 404 g/mol. The maximum Gasteiger partial charge on any atom is 0.344 e. The van der Waals surface area contributed by atoms with Crippen LogP contribution in [0.5, 0.6) is 11.5 Å². The standard InChI is InChI=1S/C24H20O6/c1-17-7-5-6-10-22(17)28-16-23(26)29-15-21(25)18-11-13-20(14-12-18)30-24(27)19-8-3-2-4-9-19/h2-14H,15-16H2,1H3. The van der Waals surface area contributed by atoms with E-state index in [2.05, 4.69) is 0 Å². The number of esters is 2. The van der Waals surface area contributed by atoms with E-state index in [0.717, 1.165) is 5.56 Å². The zero-order valence-corrected chi connectivity index (χ0v) is 16.4. The number of benzene rings is 3. The van der Waals surface area contributed by atoms with Crippen molar-refractivity contribution in [1.82, 2.24) is 0 Å². The molecule has 0 saturated carbocycles. The molecule has 3 aromatic rings. The van der Waals surface area contributed by atoms with Crippen LogP contribution < -0.4 is 9.47 Å². The van der Waals surface area contributed by atoms with E-state index in [1.807, 2.05) is 19.1 Å². The summed E-state index contributed by atoms with van der Waals surface area (Å²) < 4.78 is 15.6. The van der Waals surface area contributed by atoms with Gasteiger partial charge in [-0.15, -0.1) is 0 Å². The van der Waals surface area contributed by atoms with E-state index in [9.17, 15) is 14.4 Å². The van der Waals surface area contributed by atoms with E-state index in [1.165, 1.54) is 24.3 Å². The van der Waals surface area contributed by atoms with Gasteiger partial charge in [-0.2, -0.15) is 0 Å². The second-order valence-electron chi connectivity index (χ2n) is 6.42. The van der Waals surface area contributed by atoms with Crippen molar-refractivity contribution in [3.63, 3.8) is 0 Å². The molecule has 0 unspecified atom stereocenters. The fraction of sp³-hybridized carbons (Fsp3) is 0.125. The van der Waals surface area contributed by atoms with Gasteiger partial charge in [0.25, 0.3) is 0 Å². The number of ketones is 1. The highest BCUT2D eigenvalue weighted by molar-refractivity contribution is 5.98. The first-order chi connectivity index (χ1) is 14.5. The van der Waals surface area contributed by atoms with E-state index >= 15 is 0 Å². The van der Waals surface area contributed by atoms with Crippen LogP contribution in [-0.2, 0) is 9.53 Å². The molecule has 30 heavy (non-hydrogen) atoms. The summed E-state index contributed by atoms with van der Waals surface area (Å²) >= 11 is 0. The Bertz CT molecular complexity index is 1030. The molecule has 0 aliphatic heterocycles. The van der Waals surface area contributed by atoms with Crippen molar-refractivity contribution >= 4 is 17.7 Å². The van der Waals surface area contributed by atoms with Crippen molar-refractivity contribution in [2.45, 2.75) is 6.92 Å². The Morgan fingerprint density at radius 3 is 2.10 bits per heavy atom. The maximum atomic E-state index is 12.2. The Labute approximate surface area is 174 Å². The molecule has 0 bridgehead atoms. The molecule has 0 saturated heterocycles. The fourth-order valence-electron chi connectivity index (χ4n) is 2.58. The molecule has 0 aliphatic carbocycles. The average Bonchev–Trinajstić information content (AvgIpc) is 2.78. The first-order valence-electron chi connectivity index (χ1n) is 9.27. The van der Waals surface area contributed by atoms with Gasteiger partial charge < -0.3 is 14.2 Å². The van der Waals surface area contributed by atoms with Crippen LogP contribution in [0.3, 0.4) is 0 Å². The van der Waals surface area contributed by atoms with E-state index in [-0.39, 0.29) is 12.4 Å². The monoisotopic (exact) mass is 404 g/mol. The van der Waals surface area contributed by atoms with Crippen molar-refractivity contribution in [2.24, 2.45) is 0 Å². The van der Waals surface area contributed by atoms with Crippen LogP contribution in [0.4, 0.5) is 0 Å². The molecule has 6 nitrogen and oxygen atoms in total. The van der Waals surface area contributed by atoms with Gasteiger partial charge in [-0.3, -0.25) is 4.79 Å². The van der Waals surface area contributed by atoms with E-state index in [0.29, 0.717) is 22.6 Å². The Morgan fingerprint density at radius 2 is 1.40 bits per heavy atom. The summed E-state index contributed by atoms with van der Waals surface area (Å²) in [5.41, 5.74) is 1.66. The lowest BCUT2D eigenvalue weighted by Gasteiger charge is -2.09. The molecule has 0 N–H and O–H groups in total. The minimum atomic E-state index is -0.639. The number of hydrogen-bond acceptors (Lipinski definition) is 6. The number of Topliss-reactive ketones (excluding diaryl/α,β-unsaturated/α-hetero) is 1. The van der Waals surface area contributed by atoms with Gasteiger partial charge in [-0.05, 0) is 55.0 Å². The van der Waals surface area contributed by atoms with Crippen LogP contribution in [0.1, 0.15) is 26.3 Å². The predicted molar refractivity (Wildman–Crippen MR) is 110 cm³/mol. The van der Waals surface area contributed by atoms with Crippen molar-refractivity contribution in [1.29, 1.82) is 0 Å². The van der Waals surface area contributed by atoms with Crippen LogP contribution in [0.15, 0.2) is 78.9 Å². The number of ether oxygens (including phenoxy) is 3. The molecule has 0 fully saturated rings. The normalized spacial score (nSPS) is 10.2. The molecule has 0 atom stereocenters. The minimum absolute atomic E-state index is 0.285. The quantitative estimate of drug-likeness (QED) is 0.321. The lowest BCUT2D eigenvalue weighted by Crippen LogP contribution is -2.19. The Kier molecular flexibility index (Phi) is 6.95. The Hall–Kier alpha value is -3.93. The van der Waals surface area contributed by atoms with Crippen LogP contribution in [-0.4, -0.2) is 30.9 Å². The van der Waals surface area contributed by atoms with Crippen LogP contribution in [0, 0.1) is 6.92 Å².